The van der Waals surface area contributed by atoms with Gasteiger partial charge in [-0.15, -0.1) is 0 Å². The Kier molecular flexibility index (Phi) is 4.73. The Morgan fingerprint density at radius 1 is 1.28 bits per heavy atom. The Morgan fingerprint density at radius 2 is 2.10 bits per heavy atom. The molecule has 4 rings (SSSR count). The van der Waals surface area contributed by atoms with Crippen LogP contribution in [0.25, 0.3) is 22.7 Å². The van der Waals surface area contributed by atoms with Crippen LogP contribution < -0.4 is 10.9 Å². The molecule has 0 atom stereocenters. The van der Waals surface area contributed by atoms with Crippen molar-refractivity contribution in [2.45, 2.75) is 13.8 Å². The molecule has 3 heterocycles. The van der Waals surface area contributed by atoms with Gasteiger partial charge in [0.2, 0.25) is 11.9 Å². The second-order valence-electron chi connectivity index (χ2n) is 6.24. The highest BCUT2D eigenvalue weighted by atomic mass is 35.5. The molecule has 4 aromatic rings. The maximum Gasteiger partial charge on any atom is 0.263 e. The molecule has 1 amide bonds. The first-order valence-electron chi connectivity index (χ1n) is 8.71. The summed E-state index contributed by atoms with van der Waals surface area (Å²) < 4.78 is 2.89. The molecule has 0 fully saturated rings. The molecule has 3 aromatic heterocycles. The van der Waals surface area contributed by atoms with Crippen molar-refractivity contribution in [1.29, 1.82) is 0 Å². The fourth-order valence-corrected chi connectivity index (χ4v) is 3.06. The number of H-pyrrole nitrogens is 1. The second kappa shape index (κ2) is 7.36. The summed E-state index contributed by atoms with van der Waals surface area (Å²) in [5, 5.41) is 12.2. The molecule has 0 bridgehead atoms. The lowest BCUT2D eigenvalue weighted by atomic mass is 10.3. The highest BCUT2D eigenvalue weighted by molar-refractivity contribution is 6.30. The number of carbonyl (C=O) groups is 1. The highest BCUT2D eigenvalue weighted by Gasteiger charge is 2.16. The molecule has 10 heteroatoms. The van der Waals surface area contributed by atoms with Crippen LogP contribution in [0.15, 0.2) is 53.5 Å². The maximum atomic E-state index is 12.6. The highest BCUT2D eigenvalue weighted by Crippen LogP contribution is 2.19. The standard InChI is InChI=1S/C19H16ClN7O2/c1-3-5-16(28)22-15-8-11(2)25-27(15)19-23-17-14(18(29)24-19)10-21-26(17)13-7-4-6-12(20)9-13/h3-10H,1-2H3,(H,22,28)(H,23,24,29)/b5-3-. The van der Waals surface area contributed by atoms with Gasteiger partial charge < -0.3 is 5.32 Å². The summed E-state index contributed by atoms with van der Waals surface area (Å²) in [6.45, 7) is 3.51. The number of aromatic amines is 1. The Bertz CT molecular complexity index is 1320. The van der Waals surface area contributed by atoms with Crippen LogP contribution in [-0.2, 0) is 4.79 Å². The van der Waals surface area contributed by atoms with Gasteiger partial charge in [0.25, 0.3) is 5.56 Å². The van der Waals surface area contributed by atoms with Gasteiger partial charge in [-0.25, -0.2) is 4.68 Å². The van der Waals surface area contributed by atoms with Gasteiger partial charge in [-0.3, -0.25) is 14.6 Å². The van der Waals surface area contributed by atoms with E-state index in [9.17, 15) is 9.59 Å². The number of allylic oxidation sites excluding steroid dienone is 1. The summed E-state index contributed by atoms with van der Waals surface area (Å²) in [6.07, 6.45) is 4.45. The number of amides is 1. The number of fused-ring (bicyclic) bond motifs is 1. The van der Waals surface area contributed by atoms with Crippen LogP contribution in [-0.4, -0.2) is 35.4 Å². The van der Waals surface area contributed by atoms with E-state index in [2.05, 4.69) is 25.5 Å². The molecule has 0 unspecified atom stereocenters. The Labute approximate surface area is 169 Å². The van der Waals surface area contributed by atoms with Crippen molar-refractivity contribution in [3.05, 3.63) is 69.8 Å². The molecule has 0 radical (unpaired) electrons. The first kappa shape index (κ1) is 18.6. The smallest absolute Gasteiger partial charge is 0.263 e. The third-order valence-corrected chi connectivity index (χ3v) is 4.31. The van der Waals surface area contributed by atoms with Gasteiger partial charge in [-0.2, -0.15) is 19.9 Å². The van der Waals surface area contributed by atoms with Gasteiger partial charge in [-0.05, 0) is 38.1 Å². The molecular formula is C19H16ClN7O2. The van der Waals surface area contributed by atoms with Crippen LogP contribution in [0.4, 0.5) is 5.82 Å². The van der Waals surface area contributed by atoms with Crippen molar-refractivity contribution in [1.82, 2.24) is 29.5 Å². The maximum absolute atomic E-state index is 12.6. The number of hydrogen-bond donors (Lipinski definition) is 2. The van der Waals surface area contributed by atoms with Gasteiger partial charge >= 0.3 is 0 Å². The third kappa shape index (κ3) is 3.55. The number of nitrogens with zero attached hydrogens (tertiary/aromatic N) is 5. The van der Waals surface area contributed by atoms with E-state index in [-0.39, 0.29) is 17.4 Å². The lowest BCUT2D eigenvalue weighted by Gasteiger charge is -2.08. The Balaban J connectivity index is 1.87. The molecule has 146 valence electrons. The lowest BCUT2D eigenvalue weighted by molar-refractivity contribution is -0.111. The summed E-state index contributed by atoms with van der Waals surface area (Å²) in [5.41, 5.74) is 1.27. The van der Waals surface area contributed by atoms with Gasteiger partial charge in [0.1, 0.15) is 11.2 Å². The van der Waals surface area contributed by atoms with Crippen molar-refractivity contribution in [2.75, 3.05) is 5.32 Å². The number of rotatable bonds is 4. The largest absolute Gasteiger partial charge is 0.307 e. The molecule has 0 spiro atoms. The average Bonchev–Trinajstić information content (AvgIpc) is 3.25. The Hall–Kier alpha value is -3.72. The minimum atomic E-state index is -0.378. The summed E-state index contributed by atoms with van der Waals surface area (Å²) in [5.74, 6) is 0.207. The second-order valence-corrected chi connectivity index (χ2v) is 6.67. The van der Waals surface area contributed by atoms with Crippen molar-refractivity contribution >= 4 is 34.4 Å². The number of benzene rings is 1. The number of hydrogen-bond acceptors (Lipinski definition) is 5. The van der Waals surface area contributed by atoms with Crippen LogP contribution in [0.5, 0.6) is 0 Å². The quantitative estimate of drug-likeness (QED) is 0.503. The van der Waals surface area contributed by atoms with Gasteiger partial charge in [0.15, 0.2) is 5.65 Å². The monoisotopic (exact) mass is 409 g/mol. The van der Waals surface area contributed by atoms with Crippen LogP contribution in [0.1, 0.15) is 12.6 Å². The fourth-order valence-electron chi connectivity index (χ4n) is 2.87. The lowest BCUT2D eigenvalue weighted by Crippen LogP contribution is -2.18. The molecule has 0 saturated heterocycles. The van der Waals surface area contributed by atoms with Crippen molar-refractivity contribution in [2.24, 2.45) is 0 Å². The average molecular weight is 410 g/mol. The van der Waals surface area contributed by atoms with E-state index in [1.807, 2.05) is 6.07 Å². The van der Waals surface area contributed by atoms with E-state index in [4.69, 9.17) is 11.6 Å². The molecule has 0 aliphatic carbocycles. The van der Waals surface area contributed by atoms with Gasteiger partial charge in [0, 0.05) is 11.1 Å². The molecule has 0 aliphatic heterocycles. The number of anilines is 1. The van der Waals surface area contributed by atoms with E-state index >= 15 is 0 Å². The molecule has 1 aromatic carbocycles. The predicted molar refractivity (Wildman–Crippen MR) is 110 cm³/mol. The van der Waals surface area contributed by atoms with Crippen molar-refractivity contribution < 1.29 is 4.79 Å². The summed E-state index contributed by atoms with van der Waals surface area (Å²) >= 11 is 6.08. The van der Waals surface area contributed by atoms with E-state index in [0.717, 1.165) is 0 Å². The molecule has 29 heavy (non-hydrogen) atoms. The number of carbonyl (C=O) groups excluding carboxylic acids is 1. The number of aromatic nitrogens is 6. The minimum absolute atomic E-state index is 0.148. The van der Waals surface area contributed by atoms with Crippen molar-refractivity contribution in [3.8, 4) is 11.6 Å². The number of nitrogens with one attached hydrogen (secondary N) is 2. The van der Waals surface area contributed by atoms with E-state index < -0.39 is 0 Å². The summed E-state index contributed by atoms with van der Waals surface area (Å²) in [4.78, 5) is 31.8. The molecule has 9 nitrogen and oxygen atoms in total. The predicted octanol–water partition coefficient (Wildman–Crippen LogP) is 2.77. The summed E-state index contributed by atoms with van der Waals surface area (Å²) in [6, 6.07) is 8.73. The topological polar surface area (TPSA) is 110 Å². The fraction of sp³-hybridized carbons (Fsp3) is 0.105. The van der Waals surface area contributed by atoms with Gasteiger partial charge in [-0.1, -0.05) is 23.7 Å². The van der Waals surface area contributed by atoms with Crippen LogP contribution in [0, 0.1) is 6.92 Å². The first-order valence-corrected chi connectivity index (χ1v) is 9.09. The molecular weight excluding hydrogens is 394 g/mol. The minimum Gasteiger partial charge on any atom is -0.307 e. The normalized spacial score (nSPS) is 11.4. The van der Waals surface area contributed by atoms with E-state index in [1.54, 1.807) is 44.2 Å². The van der Waals surface area contributed by atoms with Crippen LogP contribution in [0.3, 0.4) is 0 Å². The van der Waals surface area contributed by atoms with Crippen LogP contribution in [0.2, 0.25) is 5.02 Å². The SMILES string of the molecule is C/C=C\C(=O)Nc1cc(C)nn1-c1nc2c(cnn2-c2cccc(Cl)c2)c(=O)[nH]1. The van der Waals surface area contributed by atoms with Crippen LogP contribution >= 0.6 is 11.6 Å². The zero-order valence-electron chi connectivity index (χ0n) is 15.5. The summed E-state index contributed by atoms with van der Waals surface area (Å²) in [7, 11) is 0. The number of aryl methyl sites for hydroxylation is 1. The zero-order valence-corrected chi connectivity index (χ0v) is 16.3. The Morgan fingerprint density at radius 3 is 2.86 bits per heavy atom. The number of halogens is 1. The molecule has 0 saturated carbocycles. The van der Waals surface area contributed by atoms with Gasteiger partial charge in [0.05, 0.1) is 17.6 Å². The molecule has 0 aliphatic rings. The van der Waals surface area contributed by atoms with E-state index in [1.165, 1.54) is 21.6 Å². The third-order valence-electron chi connectivity index (χ3n) is 4.08. The zero-order chi connectivity index (χ0) is 20.5. The van der Waals surface area contributed by atoms with E-state index in [0.29, 0.717) is 33.3 Å². The van der Waals surface area contributed by atoms with Crippen molar-refractivity contribution in [3.63, 3.8) is 0 Å². The molecule has 2 N–H and O–H groups in total. The first-order chi connectivity index (χ1) is 14.0.